The lowest BCUT2D eigenvalue weighted by atomic mass is 10.2. The van der Waals surface area contributed by atoms with E-state index in [9.17, 15) is 0 Å². The summed E-state index contributed by atoms with van der Waals surface area (Å²) in [6.45, 7) is 16.4. The minimum absolute atomic E-state index is 0.198. The Morgan fingerprint density at radius 3 is 1.52 bits per heavy atom. The van der Waals surface area contributed by atoms with E-state index in [0.29, 0.717) is 24.3 Å². The first-order valence-corrected chi connectivity index (χ1v) is 8.28. The van der Waals surface area contributed by atoms with E-state index in [0.717, 1.165) is 26.3 Å². The molecule has 0 aromatic carbocycles. The zero-order chi connectivity index (χ0) is 15.6. The first-order valence-electron chi connectivity index (χ1n) is 8.28. The van der Waals surface area contributed by atoms with Crippen molar-refractivity contribution in [1.29, 1.82) is 0 Å². The van der Waals surface area contributed by atoms with Crippen molar-refractivity contribution >= 4 is 0 Å². The summed E-state index contributed by atoms with van der Waals surface area (Å²) >= 11 is 0. The molecule has 0 bridgehead atoms. The Labute approximate surface area is 129 Å². The molecule has 0 saturated carbocycles. The van der Waals surface area contributed by atoms with Crippen molar-refractivity contribution in [2.75, 3.05) is 26.3 Å². The van der Waals surface area contributed by atoms with Crippen LogP contribution in [0.1, 0.15) is 41.5 Å². The van der Waals surface area contributed by atoms with Crippen LogP contribution in [0.3, 0.4) is 0 Å². The minimum Gasteiger partial charge on any atom is -0.378 e. The molecule has 5 heteroatoms. The van der Waals surface area contributed by atoms with Crippen molar-refractivity contribution in [1.82, 2.24) is 9.80 Å². The fourth-order valence-electron chi connectivity index (χ4n) is 3.48. The highest BCUT2D eigenvalue weighted by atomic mass is 16.5. The normalized spacial score (nSPS) is 38.0. The smallest absolute Gasteiger partial charge is 0.108 e. The maximum atomic E-state index is 5.95. The van der Waals surface area contributed by atoms with E-state index in [2.05, 4.69) is 51.3 Å². The summed E-state index contributed by atoms with van der Waals surface area (Å²) in [5.74, 6) is 0. The molecule has 0 spiro atoms. The third-order valence-corrected chi connectivity index (χ3v) is 4.58. The van der Waals surface area contributed by atoms with Gasteiger partial charge in [-0.15, -0.1) is 0 Å². The third kappa shape index (κ3) is 4.39. The number of nitrogens with zero attached hydrogens (tertiary/aromatic N) is 2. The number of rotatable bonds is 6. The van der Waals surface area contributed by atoms with Gasteiger partial charge in [0.15, 0.2) is 0 Å². The van der Waals surface area contributed by atoms with Crippen LogP contribution >= 0.6 is 0 Å². The van der Waals surface area contributed by atoms with Crippen LogP contribution in [0.15, 0.2) is 0 Å². The highest BCUT2D eigenvalue weighted by molar-refractivity contribution is 4.79. The van der Waals surface area contributed by atoms with Crippen LogP contribution in [0.4, 0.5) is 0 Å². The van der Waals surface area contributed by atoms with E-state index in [1.807, 2.05) is 0 Å². The summed E-state index contributed by atoms with van der Waals surface area (Å²) in [4.78, 5) is 4.75. The first-order chi connectivity index (χ1) is 9.88. The Hall–Kier alpha value is -0.200. The summed E-state index contributed by atoms with van der Waals surface area (Å²) < 4.78 is 17.5. The van der Waals surface area contributed by atoms with Gasteiger partial charge in [-0.3, -0.25) is 9.80 Å². The maximum absolute atomic E-state index is 5.95. The molecule has 2 fully saturated rings. The Bertz CT molecular complexity index is 299. The molecule has 2 rings (SSSR count). The largest absolute Gasteiger partial charge is 0.378 e. The fourth-order valence-corrected chi connectivity index (χ4v) is 3.48. The molecule has 21 heavy (non-hydrogen) atoms. The molecule has 0 radical (unpaired) electrons. The standard InChI is InChI=1S/C16H32N2O3/c1-11(17-7-13(3)20-15(17)5)9-19-10-12(2)18-8-14(4)21-16(18)6/h11-16H,7-10H2,1-6H3. The highest BCUT2D eigenvalue weighted by Crippen LogP contribution is 2.20. The van der Waals surface area contributed by atoms with Crippen molar-refractivity contribution < 1.29 is 14.2 Å². The average molecular weight is 300 g/mol. The predicted octanol–water partition coefficient (Wildman–Crippen LogP) is 1.91. The zero-order valence-electron chi connectivity index (χ0n) is 14.4. The van der Waals surface area contributed by atoms with Gasteiger partial charge in [0, 0.05) is 25.2 Å². The van der Waals surface area contributed by atoms with Gasteiger partial charge < -0.3 is 14.2 Å². The molecular formula is C16H32N2O3. The van der Waals surface area contributed by atoms with Crippen LogP contribution in [0, 0.1) is 0 Å². The van der Waals surface area contributed by atoms with Crippen molar-refractivity contribution in [3.8, 4) is 0 Å². The van der Waals surface area contributed by atoms with Gasteiger partial charge in [-0.1, -0.05) is 0 Å². The van der Waals surface area contributed by atoms with E-state index < -0.39 is 0 Å². The summed E-state index contributed by atoms with van der Waals surface area (Å²) in [5, 5.41) is 0. The third-order valence-electron chi connectivity index (χ3n) is 4.58. The molecule has 0 N–H and O–H groups in total. The average Bonchev–Trinajstić information content (AvgIpc) is 2.91. The van der Waals surface area contributed by atoms with Gasteiger partial charge in [0.25, 0.3) is 0 Å². The first kappa shape index (κ1) is 17.2. The van der Waals surface area contributed by atoms with Crippen LogP contribution in [-0.2, 0) is 14.2 Å². The highest BCUT2D eigenvalue weighted by Gasteiger charge is 2.32. The number of ether oxygens (including phenoxy) is 3. The van der Waals surface area contributed by atoms with Crippen molar-refractivity contribution in [2.24, 2.45) is 0 Å². The molecule has 2 saturated heterocycles. The van der Waals surface area contributed by atoms with Crippen molar-refractivity contribution in [3.05, 3.63) is 0 Å². The minimum atomic E-state index is 0.198. The van der Waals surface area contributed by atoms with E-state index in [1.54, 1.807) is 0 Å². The van der Waals surface area contributed by atoms with Gasteiger partial charge in [0.2, 0.25) is 0 Å². The second-order valence-corrected chi connectivity index (χ2v) is 6.72. The van der Waals surface area contributed by atoms with Gasteiger partial charge in [-0.2, -0.15) is 0 Å². The summed E-state index contributed by atoms with van der Waals surface area (Å²) in [6.07, 6.45) is 1.05. The van der Waals surface area contributed by atoms with Gasteiger partial charge in [0.1, 0.15) is 12.5 Å². The molecule has 5 nitrogen and oxygen atoms in total. The molecule has 2 aliphatic heterocycles. The Kier molecular flexibility index (Phi) is 6.03. The molecule has 0 amide bonds. The van der Waals surface area contributed by atoms with Gasteiger partial charge in [0.05, 0.1) is 25.4 Å². The molecule has 0 aliphatic carbocycles. The summed E-state index contributed by atoms with van der Waals surface area (Å²) in [6, 6.07) is 0.784. The summed E-state index contributed by atoms with van der Waals surface area (Å²) in [7, 11) is 0. The van der Waals surface area contributed by atoms with Crippen LogP contribution in [0.2, 0.25) is 0 Å². The van der Waals surface area contributed by atoms with E-state index in [-0.39, 0.29) is 12.5 Å². The second kappa shape index (κ2) is 7.38. The van der Waals surface area contributed by atoms with E-state index in [4.69, 9.17) is 14.2 Å². The fraction of sp³-hybridized carbons (Fsp3) is 1.00. The molecule has 6 unspecified atom stereocenters. The van der Waals surface area contributed by atoms with Crippen molar-refractivity contribution in [3.63, 3.8) is 0 Å². The molecule has 2 heterocycles. The Morgan fingerprint density at radius 2 is 1.24 bits per heavy atom. The van der Waals surface area contributed by atoms with Crippen LogP contribution in [0.5, 0.6) is 0 Å². The predicted molar refractivity (Wildman–Crippen MR) is 83.2 cm³/mol. The number of hydrogen-bond donors (Lipinski definition) is 0. The second-order valence-electron chi connectivity index (χ2n) is 6.72. The quantitative estimate of drug-likeness (QED) is 0.748. The SMILES string of the molecule is CC1CN(C(C)COCC(C)N2CC(C)OC2C)C(C)O1. The zero-order valence-corrected chi connectivity index (χ0v) is 14.4. The molecule has 2 aliphatic rings. The van der Waals surface area contributed by atoms with E-state index >= 15 is 0 Å². The lowest BCUT2D eigenvalue weighted by Crippen LogP contribution is -2.42. The molecular weight excluding hydrogens is 268 g/mol. The maximum Gasteiger partial charge on any atom is 0.108 e. The lowest BCUT2D eigenvalue weighted by Gasteiger charge is -2.29. The molecule has 0 aromatic rings. The Morgan fingerprint density at radius 1 is 0.857 bits per heavy atom. The molecule has 0 aromatic heterocycles. The van der Waals surface area contributed by atoms with Crippen LogP contribution in [0.25, 0.3) is 0 Å². The van der Waals surface area contributed by atoms with Gasteiger partial charge in [-0.25, -0.2) is 0 Å². The Balaban J connectivity index is 1.69. The molecule has 6 atom stereocenters. The van der Waals surface area contributed by atoms with Gasteiger partial charge in [-0.05, 0) is 41.5 Å². The van der Waals surface area contributed by atoms with Gasteiger partial charge >= 0.3 is 0 Å². The number of hydrogen-bond acceptors (Lipinski definition) is 5. The summed E-state index contributed by atoms with van der Waals surface area (Å²) in [5.41, 5.74) is 0. The lowest BCUT2D eigenvalue weighted by molar-refractivity contribution is -0.0324. The topological polar surface area (TPSA) is 34.2 Å². The monoisotopic (exact) mass is 300 g/mol. The van der Waals surface area contributed by atoms with Crippen LogP contribution in [-0.4, -0.2) is 72.9 Å². The molecule has 124 valence electrons. The van der Waals surface area contributed by atoms with Crippen molar-refractivity contribution in [2.45, 2.75) is 78.3 Å². The van der Waals surface area contributed by atoms with E-state index in [1.165, 1.54) is 0 Å². The van der Waals surface area contributed by atoms with Crippen LogP contribution < -0.4 is 0 Å².